The van der Waals surface area contributed by atoms with Gasteiger partial charge in [0.15, 0.2) is 0 Å². The first-order valence-electron chi connectivity index (χ1n) is 6.26. The van der Waals surface area contributed by atoms with Crippen molar-refractivity contribution in [2.75, 3.05) is 0 Å². The van der Waals surface area contributed by atoms with Gasteiger partial charge in [-0.25, -0.2) is 4.39 Å². The van der Waals surface area contributed by atoms with Gasteiger partial charge in [0.2, 0.25) is 0 Å². The molecule has 0 radical (unpaired) electrons. The van der Waals surface area contributed by atoms with Crippen molar-refractivity contribution in [2.45, 2.75) is 43.1 Å². The summed E-state index contributed by atoms with van der Waals surface area (Å²) >= 11 is 0. The molecule has 0 heterocycles. The Morgan fingerprint density at radius 2 is 2.00 bits per heavy atom. The van der Waals surface area contributed by atoms with Crippen molar-refractivity contribution in [1.29, 1.82) is 5.26 Å². The third-order valence-electron chi connectivity index (χ3n) is 3.32. The van der Waals surface area contributed by atoms with Crippen LogP contribution in [0.15, 0.2) is 18.2 Å². The van der Waals surface area contributed by atoms with E-state index in [-0.39, 0.29) is 5.25 Å². The standard InChI is InChI=1S/C14H16FNOS/c15-13-7-11(9-16)6-12(8-13)10-18(17)14-4-2-1-3-5-14/h6-8,14H,1-5,10H2. The van der Waals surface area contributed by atoms with E-state index in [1.807, 2.05) is 6.07 Å². The number of halogens is 1. The minimum atomic E-state index is -0.952. The van der Waals surface area contributed by atoms with Crippen LogP contribution in [0.5, 0.6) is 0 Å². The molecule has 0 N–H and O–H groups in total. The zero-order chi connectivity index (χ0) is 13.0. The highest BCUT2D eigenvalue weighted by Gasteiger charge is 2.20. The first-order chi connectivity index (χ1) is 8.69. The molecular formula is C14H16FNOS. The summed E-state index contributed by atoms with van der Waals surface area (Å²) in [6, 6.07) is 6.13. The number of hydrogen-bond donors (Lipinski definition) is 0. The van der Waals surface area contributed by atoms with Crippen molar-refractivity contribution < 1.29 is 8.60 Å². The first kappa shape index (κ1) is 13.2. The summed E-state index contributed by atoms with van der Waals surface area (Å²) in [4.78, 5) is 0. The van der Waals surface area contributed by atoms with Crippen LogP contribution in [0, 0.1) is 17.1 Å². The molecule has 0 aliphatic heterocycles. The minimum Gasteiger partial charge on any atom is -0.259 e. The molecule has 2 nitrogen and oxygen atoms in total. The van der Waals surface area contributed by atoms with Gasteiger partial charge in [0.05, 0.1) is 11.6 Å². The Hall–Kier alpha value is -1.21. The SMILES string of the molecule is N#Cc1cc(F)cc(CS(=O)C2CCCCC2)c1. The summed E-state index contributed by atoms with van der Waals surface area (Å²) in [5.74, 6) is -0.0680. The topological polar surface area (TPSA) is 40.9 Å². The van der Waals surface area contributed by atoms with Crippen molar-refractivity contribution in [3.8, 4) is 6.07 Å². The van der Waals surface area contributed by atoms with E-state index in [4.69, 9.17) is 5.26 Å². The molecular weight excluding hydrogens is 249 g/mol. The predicted octanol–water partition coefficient (Wildman–Crippen LogP) is 3.28. The third-order valence-corrected chi connectivity index (χ3v) is 5.15. The lowest BCUT2D eigenvalue weighted by molar-refractivity contribution is 0.504. The van der Waals surface area contributed by atoms with Crippen LogP contribution in [0.25, 0.3) is 0 Å². The van der Waals surface area contributed by atoms with Crippen LogP contribution in [0.4, 0.5) is 4.39 Å². The number of rotatable bonds is 3. The fourth-order valence-electron chi connectivity index (χ4n) is 2.41. The molecule has 18 heavy (non-hydrogen) atoms. The van der Waals surface area contributed by atoms with E-state index in [9.17, 15) is 8.60 Å². The fourth-order valence-corrected chi connectivity index (χ4v) is 4.00. The maximum atomic E-state index is 13.3. The van der Waals surface area contributed by atoms with E-state index in [1.165, 1.54) is 18.6 Å². The number of hydrogen-bond acceptors (Lipinski definition) is 2. The number of benzene rings is 1. The molecule has 4 heteroatoms. The van der Waals surface area contributed by atoms with E-state index in [2.05, 4.69) is 0 Å². The quantitative estimate of drug-likeness (QED) is 0.841. The molecule has 0 bridgehead atoms. The van der Waals surface area contributed by atoms with Crippen LogP contribution in [0.3, 0.4) is 0 Å². The second kappa shape index (κ2) is 6.10. The molecule has 1 aliphatic rings. The number of nitriles is 1. The molecule has 1 aromatic carbocycles. The van der Waals surface area contributed by atoms with Crippen molar-refractivity contribution in [2.24, 2.45) is 0 Å². The van der Waals surface area contributed by atoms with Gasteiger partial charge in [-0.15, -0.1) is 0 Å². The highest BCUT2D eigenvalue weighted by Crippen LogP contribution is 2.24. The van der Waals surface area contributed by atoms with Gasteiger partial charge in [0.1, 0.15) is 5.82 Å². The van der Waals surface area contributed by atoms with Gasteiger partial charge in [-0.05, 0) is 36.6 Å². The van der Waals surface area contributed by atoms with E-state index < -0.39 is 16.6 Å². The molecule has 1 saturated carbocycles. The molecule has 0 saturated heterocycles. The lowest BCUT2D eigenvalue weighted by atomic mass is 10.0. The molecule has 2 rings (SSSR count). The monoisotopic (exact) mass is 265 g/mol. The van der Waals surface area contributed by atoms with Gasteiger partial charge in [-0.2, -0.15) is 5.26 Å². The Morgan fingerprint density at radius 1 is 1.28 bits per heavy atom. The largest absolute Gasteiger partial charge is 0.259 e. The van der Waals surface area contributed by atoms with Crippen LogP contribution >= 0.6 is 0 Å². The van der Waals surface area contributed by atoms with Crippen LogP contribution in [-0.4, -0.2) is 9.46 Å². The number of nitrogens with zero attached hydrogens (tertiary/aromatic N) is 1. The highest BCUT2D eigenvalue weighted by atomic mass is 32.2. The zero-order valence-corrected chi connectivity index (χ0v) is 11.0. The average Bonchev–Trinajstić information content (AvgIpc) is 2.39. The summed E-state index contributed by atoms with van der Waals surface area (Å²) in [7, 11) is -0.952. The third kappa shape index (κ3) is 3.39. The zero-order valence-electron chi connectivity index (χ0n) is 10.2. The lowest BCUT2D eigenvalue weighted by Crippen LogP contribution is -2.19. The summed E-state index contributed by atoms with van der Waals surface area (Å²) in [6.45, 7) is 0. The van der Waals surface area contributed by atoms with Gasteiger partial charge < -0.3 is 0 Å². The molecule has 0 spiro atoms. The summed E-state index contributed by atoms with van der Waals surface area (Å²) < 4.78 is 25.4. The van der Waals surface area contributed by atoms with Crippen LogP contribution in [-0.2, 0) is 16.6 Å². The van der Waals surface area contributed by atoms with Gasteiger partial charge in [-0.1, -0.05) is 19.3 Å². The summed E-state index contributed by atoms with van der Waals surface area (Å²) in [5.41, 5.74) is 0.959. The molecule has 0 aromatic heterocycles. The average molecular weight is 265 g/mol. The van der Waals surface area contributed by atoms with Crippen molar-refractivity contribution >= 4 is 10.8 Å². The van der Waals surface area contributed by atoms with E-state index in [0.29, 0.717) is 16.9 Å². The maximum absolute atomic E-state index is 13.3. The van der Waals surface area contributed by atoms with Crippen molar-refractivity contribution in [1.82, 2.24) is 0 Å². The molecule has 96 valence electrons. The lowest BCUT2D eigenvalue weighted by Gasteiger charge is -2.20. The van der Waals surface area contributed by atoms with Gasteiger partial charge in [0, 0.05) is 21.8 Å². The van der Waals surface area contributed by atoms with E-state index in [1.54, 1.807) is 6.07 Å². The smallest absolute Gasteiger partial charge is 0.124 e. The highest BCUT2D eigenvalue weighted by molar-refractivity contribution is 7.84. The van der Waals surface area contributed by atoms with Crippen molar-refractivity contribution in [3.63, 3.8) is 0 Å². The van der Waals surface area contributed by atoms with Crippen LogP contribution in [0.2, 0.25) is 0 Å². The van der Waals surface area contributed by atoms with Crippen LogP contribution < -0.4 is 0 Å². The summed E-state index contributed by atoms with van der Waals surface area (Å²) in [6.07, 6.45) is 5.53. The fraction of sp³-hybridized carbons (Fsp3) is 0.500. The Kier molecular flexibility index (Phi) is 4.48. The predicted molar refractivity (Wildman–Crippen MR) is 69.8 cm³/mol. The Morgan fingerprint density at radius 3 is 2.67 bits per heavy atom. The Labute approximate surface area is 109 Å². The normalized spacial score (nSPS) is 18.2. The molecule has 1 unspecified atom stereocenters. The molecule has 0 amide bonds. The Balaban J connectivity index is 2.06. The maximum Gasteiger partial charge on any atom is 0.124 e. The van der Waals surface area contributed by atoms with Gasteiger partial charge in [-0.3, -0.25) is 4.21 Å². The minimum absolute atomic E-state index is 0.243. The first-order valence-corrected chi connectivity index (χ1v) is 7.64. The van der Waals surface area contributed by atoms with E-state index in [0.717, 1.165) is 25.7 Å². The van der Waals surface area contributed by atoms with Crippen molar-refractivity contribution in [3.05, 3.63) is 35.1 Å². The van der Waals surface area contributed by atoms with E-state index >= 15 is 0 Å². The molecule has 1 aromatic rings. The van der Waals surface area contributed by atoms with Gasteiger partial charge in [0.25, 0.3) is 0 Å². The van der Waals surface area contributed by atoms with Crippen LogP contribution in [0.1, 0.15) is 43.2 Å². The second-order valence-corrected chi connectivity index (χ2v) is 6.46. The molecule has 1 aliphatic carbocycles. The molecule has 1 fully saturated rings. The summed E-state index contributed by atoms with van der Waals surface area (Å²) in [5, 5.41) is 9.02. The Bertz CT molecular complexity index is 489. The second-order valence-electron chi connectivity index (χ2n) is 4.75. The van der Waals surface area contributed by atoms with Gasteiger partial charge >= 0.3 is 0 Å². The molecule has 1 atom stereocenters.